The van der Waals surface area contributed by atoms with E-state index >= 15 is 0 Å². The summed E-state index contributed by atoms with van der Waals surface area (Å²) in [6, 6.07) is 11.2. The number of aryl methyl sites for hydroxylation is 3. The quantitative estimate of drug-likeness (QED) is 0.487. The largest absolute Gasteiger partial charge is 0.497 e. The minimum atomic E-state index is -0.654. The highest BCUT2D eigenvalue weighted by Crippen LogP contribution is 2.21. The Kier molecular flexibility index (Phi) is 7.65. The number of carbonyl (C=O) groups excluding carboxylic acids is 2. The van der Waals surface area contributed by atoms with Crippen molar-refractivity contribution in [3.8, 4) is 5.75 Å². The molecule has 154 valence electrons. The first-order valence-electron chi connectivity index (χ1n) is 9.17. The molecule has 0 unspecified atom stereocenters. The fraction of sp³-hybridized carbons (Fsp3) is 0.273. The van der Waals surface area contributed by atoms with Gasteiger partial charge in [0.15, 0.2) is 0 Å². The van der Waals surface area contributed by atoms with Crippen molar-refractivity contribution in [2.45, 2.75) is 34.3 Å². The number of amides is 2. The van der Waals surface area contributed by atoms with E-state index in [9.17, 15) is 9.59 Å². The molecular formula is C22H27N3O4. The molecular weight excluding hydrogens is 370 g/mol. The Morgan fingerprint density at radius 3 is 2.21 bits per heavy atom. The lowest BCUT2D eigenvalue weighted by Gasteiger charge is -2.13. The summed E-state index contributed by atoms with van der Waals surface area (Å²) in [6.07, 6.45) is 0.710. The fourth-order valence-electron chi connectivity index (χ4n) is 2.83. The third-order valence-corrected chi connectivity index (χ3v) is 4.16. The van der Waals surface area contributed by atoms with Crippen LogP contribution in [-0.2, 0) is 16.1 Å². The fourth-order valence-corrected chi connectivity index (χ4v) is 2.83. The highest BCUT2D eigenvalue weighted by Gasteiger charge is 2.08. The van der Waals surface area contributed by atoms with E-state index in [2.05, 4.69) is 16.2 Å². The lowest BCUT2D eigenvalue weighted by molar-refractivity contribution is -0.112. The molecule has 0 heterocycles. The van der Waals surface area contributed by atoms with Crippen LogP contribution in [0.15, 0.2) is 48.2 Å². The van der Waals surface area contributed by atoms with Crippen LogP contribution in [0.5, 0.6) is 5.75 Å². The van der Waals surface area contributed by atoms with Crippen LogP contribution < -0.4 is 20.9 Å². The van der Waals surface area contributed by atoms with Gasteiger partial charge in [-0.2, -0.15) is 0 Å². The number of methoxy groups -OCH3 is 1. The van der Waals surface area contributed by atoms with Gasteiger partial charge in [-0.25, -0.2) is 10.2 Å². The summed E-state index contributed by atoms with van der Waals surface area (Å²) >= 11 is 0. The number of hydrazine groups is 1. The van der Waals surface area contributed by atoms with E-state index < -0.39 is 6.09 Å². The second-order valence-corrected chi connectivity index (χ2v) is 6.76. The van der Waals surface area contributed by atoms with Crippen molar-refractivity contribution in [2.24, 2.45) is 0 Å². The lowest BCUT2D eigenvalue weighted by Crippen LogP contribution is -2.36. The molecule has 2 aromatic carbocycles. The van der Waals surface area contributed by atoms with Gasteiger partial charge >= 0.3 is 6.09 Å². The molecule has 3 N–H and O–H groups in total. The molecule has 0 aliphatic carbocycles. The lowest BCUT2D eigenvalue weighted by atomic mass is 10.1. The maximum absolute atomic E-state index is 12.2. The molecule has 0 spiro atoms. The third kappa shape index (κ3) is 6.88. The number of benzene rings is 2. The van der Waals surface area contributed by atoms with Crippen LogP contribution in [0.1, 0.15) is 29.2 Å². The first-order valence-corrected chi connectivity index (χ1v) is 9.17. The average Bonchev–Trinajstić information content (AvgIpc) is 2.68. The van der Waals surface area contributed by atoms with E-state index in [1.54, 1.807) is 26.2 Å². The molecule has 0 aromatic heterocycles. The molecule has 0 saturated carbocycles. The Bertz CT molecular complexity index is 882. The Morgan fingerprint density at radius 1 is 1.00 bits per heavy atom. The van der Waals surface area contributed by atoms with Crippen molar-refractivity contribution in [1.29, 1.82) is 0 Å². The Labute approximate surface area is 171 Å². The predicted molar refractivity (Wildman–Crippen MR) is 112 cm³/mol. The molecule has 7 heteroatoms. The van der Waals surface area contributed by atoms with Gasteiger partial charge in [0, 0.05) is 17.5 Å². The van der Waals surface area contributed by atoms with Crippen molar-refractivity contribution in [2.75, 3.05) is 12.4 Å². The van der Waals surface area contributed by atoms with Crippen LogP contribution in [0.3, 0.4) is 0 Å². The third-order valence-electron chi connectivity index (χ3n) is 4.16. The summed E-state index contributed by atoms with van der Waals surface area (Å²) in [5, 5.41) is 2.87. The zero-order valence-corrected chi connectivity index (χ0v) is 17.4. The Hall–Kier alpha value is -3.48. The zero-order valence-electron chi connectivity index (χ0n) is 17.4. The standard InChI is InChI=1S/C22H27N3O4/c1-14-10-15(2)21(16(3)11-14)23-20(26)12-17(4)24-25-22(27)29-13-18-6-8-19(28-5)9-7-18/h6-12,24H,13H2,1-5H3,(H,23,26)(H,25,27). The monoisotopic (exact) mass is 397 g/mol. The number of nitrogens with one attached hydrogen (secondary N) is 3. The summed E-state index contributed by atoms with van der Waals surface area (Å²) in [7, 11) is 1.59. The molecule has 7 nitrogen and oxygen atoms in total. The van der Waals surface area contributed by atoms with Gasteiger partial charge in [0.1, 0.15) is 12.4 Å². The normalized spacial score (nSPS) is 10.9. The number of ether oxygens (including phenoxy) is 2. The molecule has 2 aromatic rings. The molecule has 29 heavy (non-hydrogen) atoms. The highest BCUT2D eigenvalue weighted by atomic mass is 16.6. The average molecular weight is 397 g/mol. The molecule has 0 atom stereocenters. The molecule has 2 amide bonds. The summed E-state index contributed by atoms with van der Waals surface area (Å²) < 4.78 is 10.2. The van der Waals surface area contributed by atoms with Crippen molar-refractivity contribution in [3.05, 3.63) is 70.4 Å². The van der Waals surface area contributed by atoms with Crippen LogP contribution in [0, 0.1) is 20.8 Å². The van der Waals surface area contributed by atoms with Gasteiger partial charge in [-0.1, -0.05) is 29.8 Å². The van der Waals surface area contributed by atoms with Crippen molar-refractivity contribution in [3.63, 3.8) is 0 Å². The van der Waals surface area contributed by atoms with Gasteiger partial charge in [0.25, 0.3) is 0 Å². The van der Waals surface area contributed by atoms with E-state index in [0.29, 0.717) is 5.70 Å². The number of allylic oxidation sites excluding steroid dienone is 1. The number of anilines is 1. The van der Waals surface area contributed by atoms with E-state index in [0.717, 1.165) is 33.7 Å². The molecule has 0 fully saturated rings. The van der Waals surface area contributed by atoms with Crippen LogP contribution >= 0.6 is 0 Å². The second-order valence-electron chi connectivity index (χ2n) is 6.76. The Balaban J connectivity index is 1.81. The smallest absolute Gasteiger partial charge is 0.426 e. The SMILES string of the molecule is COc1ccc(COC(=O)NNC(C)=CC(=O)Nc2c(C)cc(C)cc2C)cc1. The molecule has 0 radical (unpaired) electrons. The molecule has 0 aliphatic rings. The van der Waals surface area contributed by atoms with E-state index in [4.69, 9.17) is 9.47 Å². The van der Waals surface area contributed by atoms with Gasteiger partial charge in [-0.15, -0.1) is 0 Å². The number of rotatable bonds is 7. The first-order chi connectivity index (χ1) is 13.8. The summed E-state index contributed by atoms with van der Waals surface area (Å²) in [6.45, 7) is 7.69. The molecule has 2 rings (SSSR count). The van der Waals surface area contributed by atoms with E-state index in [1.807, 2.05) is 45.0 Å². The predicted octanol–water partition coefficient (Wildman–Crippen LogP) is 3.89. The first kappa shape index (κ1) is 21.8. The highest BCUT2D eigenvalue weighted by molar-refractivity contribution is 6.00. The molecule has 0 saturated heterocycles. The summed E-state index contributed by atoms with van der Waals surface area (Å²) in [5.74, 6) is 0.438. The van der Waals surface area contributed by atoms with Crippen LogP contribution in [-0.4, -0.2) is 19.1 Å². The Morgan fingerprint density at radius 2 is 1.62 bits per heavy atom. The van der Waals surface area contributed by atoms with Gasteiger partial charge in [-0.3, -0.25) is 4.79 Å². The number of hydrogen-bond donors (Lipinski definition) is 3. The van der Waals surface area contributed by atoms with Gasteiger partial charge in [0.05, 0.1) is 7.11 Å². The second kappa shape index (κ2) is 10.2. The summed E-state index contributed by atoms with van der Waals surface area (Å²) in [4.78, 5) is 24.0. The van der Waals surface area contributed by atoms with E-state index in [-0.39, 0.29) is 12.5 Å². The van der Waals surface area contributed by atoms with Crippen molar-refractivity contribution >= 4 is 17.7 Å². The molecule has 0 aliphatic heterocycles. The minimum Gasteiger partial charge on any atom is -0.497 e. The number of hydrogen-bond acceptors (Lipinski definition) is 5. The maximum atomic E-state index is 12.2. The maximum Gasteiger partial charge on any atom is 0.426 e. The van der Waals surface area contributed by atoms with Crippen LogP contribution in [0.4, 0.5) is 10.5 Å². The topological polar surface area (TPSA) is 88.7 Å². The van der Waals surface area contributed by atoms with Gasteiger partial charge in [-0.05, 0) is 56.5 Å². The van der Waals surface area contributed by atoms with Crippen molar-refractivity contribution < 1.29 is 19.1 Å². The minimum absolute atomic E-state index is 0.118. The molecule has 0 bridgehead atoms. The van der Waals surface area contributed by atoms with Crippen molar-refractivity contribution in [1.82, 2.24) is 10.9 Å². The van der Waals surface area contributed by atoms with Gasteiger partial charge < -0.3 is 20.2 Å². The van der Waals surface area contributed by atoms with E-state index in [1.165, 1.54) is 6.08 Å². The summed E-state index contributed by atoms with van der Waals surface area (Å²) in [5.41, 5.74) is 10.3. The van der Waals surface area contributed by atoms with Gasteiger partial charge in [0.2, 0.25) is 5.91 Å². The van der Waals surface area contributed by atoms with Crippen LogP contribution in [0.25, 0.3) is 0 Å². The number of carbonyl (C=O) groups is 2. The van der Waals surface area contributed by atoms with Crippen LogP contribution in [0.2, 0.25) is 0 Å². The zero-order chi connectivity index (χ0) is 21.4.